The number of hydrogen-bond acceptors (Lipinski definition) is 4. The summed E-state index contributed by atoms with van der Waals surface area (Å²) in [6, 6.07) is 7.80. The summed E-state index contributed by atoms with van der Waals surface area (Å²) in [7, 11) is 0. The summed E-state index contributed by atoms with van der Waals surface area (Å²) in [4.78, 5) is 28.4. The van der Waals surface area contributed by atoms with E-state index < -0.39 is 5.60 Å². The number of ether oxygens (including phenoxy) is 1. The number of carbonyl (C=O) groups excluding carboxylic acids is 2. The van der Waals surface area contributed by atoms with Gasteiger partial charge in [-0.1, -0.05) is 17.7 Å². The fraction of sp³-hybridized carbons (Fsp3) is 0.450. The van der Waals surface area contributed by atoms with Crippen LogP contribution in [0.15, 0.2) is 30.5 Å². The molecule has 2 aliphatic rings. The Kier molecular flexibility index (Phi) is 4.37. The summed E-state index contributed by atoms with van der Waals surface area (Å²) >= 11 is 0. The Hall–Kier alpha value is -2.83. The molecule has 1 fully saturated rings. The van der Waals surface area contributed by atoms with Gasteiger partial charge >= 0.3 is 0 Å². The van der Waals surface area contributed by atoms with Crippen molar-refractivity contribution in [1.29, 1.82) is 0 Å². The molecule has 7 nitrogen and oxygen atoms in total. The van der Waals surface area contributed by atoms with Gasteiger partial charge in [0.05, 0.1) is 6.54 Å². The summed E-state index contributed by atoms with van der Waals surface area (Å²) < 4.78 is 6.49. The number of aromatic amines is 1. The first-order chi connectivity index (χ1) is 13.0. The molecule has 0 bridgehead atoms. The molecule has 1 N–H and O–H groups in total. The predicted octanol–water partition coefficient (Wildman–Crippen LogP) is 2.13. The molecule has 142 valence electrons. The third kappa shape index (κ3) is 3.41. The lowest BCUT2D eigenvalue weighted by Crippen LogP contribution is -2.55. The van der Waals surface area contributed by atoms with E-state index in [4.69, 9.17) is 4.74 Å². The minimum Gasteiger partial charge on any atom is -0.485 e. The normalized spacial score (nSPS) is 18.6. The molecular formula is C20H24N4O3. The molecular weight excluding hydrogens is 344 g/mol. The highest BCUT2D eigenvalue weighted by atomic mass is 16.5. The lowest BCUT2D eigenvalue weighted by molar-refractivity contribution is -0.132. The SMILES string of the molecule is CC(=O)N1Cc2cc(C)ccc2OC2(CCN(C(=O)c3ccn[nH]3)CC2)C1. The van der Waals surface area contributed by atoms with E-state index in [0.717, 1.165) is 16.9 Å². The quantitative estimate of drug-likeness (QED) is 0.836. The van der Waals surface area contributed by atoms with Gasteiger partial charge in [0.2, 0.25) is 5.91 Å². The van der Waals surface area contributed by atoms with Crippen LogP contribution in [0.1, 0.15) is 41.4 Å². The van der Waals surface area contributed by atoms with E-state index in [9.17, 15) is 9.59 Å². The molecule has 1 aromatic carbocycles. The van der Waals surface area contributed by atoms with Gasteiger partial charge in [0, 0.05) is 51.2 Å². The third-order valence-electron chi connectivity index (χ3n) is 5.52. The average molecular weight is 368 g/mol. The van der Waals surface area contributed by atoms with Crippen LogP contribution in [0.3, 0.4) is 0 Å². The van der Waals surface area contributed by atoms with Crippen LogP contribution in [0.25, 0.3) is 0 Å². The first-order valence-corrected chi connectivity index (χ1v) is 9.28. The molecule has 7 heteroatoms. The summed E-state index contributed by atoms with van der Waals surface area (Å²) in [6.07, 6.45) is 2.95. The molecule has 1 aromatic heterocycles. The highest BCUT2D eigenvalue weighted by Crippen LogP contribution is 2.36. The second-order valence-corrected chi connectivity index (χ2v) is 7.53. The lowest BCUT2D eigenvalue weighted by atomic mass is 9.90. The fourth-order valence-corrected chi connectivity index (χ4v) is 3.95. The number of aromatic nitrogens is 2. The number of piperidine rings is 1. The van der Waals surface area contributed by atoms with Crippen LogP contribution in [0.4, 0.5) is 0 Å². The molecule has 0 saturated carbocycles. The number of fused-ring (bicyclic) bond motifs is 1. The van der Waals surface area contributed by atoms with Gasteiger partial charge in [-0.15, -0.1) is 0 Å². The Bertz CT molecular complexity index is 854. The monoisotopic (exact) mass is 368 g/mol. The highest BCUT2D eigenvalue weighted by Gasteiger charge is 2.42. The first-order valence-electron chi connectivity index (χ1n) is 9.28. The standard InChI is InChI=1S/C20H24N4O3/c1-14-3-4-18-16(11-14)12-24(15(2)25)13-20(27-18)6-9-23(10-7-20)19(26)17-5-8-21-22-17/h3-5,8,11H,6-7,9-10,12-13H2,1-2H3,(H,21,22). The Balaban J connectivity index is 1.56. The predicted molar refractivity (Wildman–Crippen MR) is 99.4 cm³/mol. The largest absolute Gasteiger partial charge is 0.485 e. The van der Waals surface area contributed by atoms with E-state index in [1.54, 1.807) is 19.2 Å². The number of rotatable bonds is 1. The van der Waals surface area contributed by atoms with Gasteiger partial charge in [-0.05, 0) is 19.1 Å². The Morgan fingerprint density at radius 3 is 2.63 bits per heavy atom. The third-order valence-corrected chi connectivity index (χ3v) is 5.52. The van der Waals surface area contributed by atoms with Gasteiger partial charge in [0.15, 0.2) is 0 Å². The molecule has 1 spiro atoms. The zero-order valence-corrected chi connectivity index (χ0v) is 15.7. The molecule has 2 aromatic rings. The molecule has 27 heavy (non-hydrogen) atoms. The van der Waals surface area contributed by atoms with Crippen LogP contribution in [0.2, 0.25) is 0 Å². The van der Waals surface area contributed by atoms with Crippen LogP contribution in [0, 0.1) is 6.92 Å². The number of amides is 2. The lowest BCUT2D eigenvalue weighted by Gasteiger charge is -2.42. The van der Waals surface area contributed by atoms with Gasteiger partial charge in [-0.2, -0.15) is 5.10 Å². The van der Waals surface area contributed by atoms with E-state index in [2.05, 4.69) is 16.3 Å². The number of H-pyrrole nitrogens is 1. The van der Waals surface area contributed by atoms with E-state index in [-0.39, 0.29) is 11.8 Å². The molecule has 0 atom stereocenters. The number of aryl methyl sites for hydroxylation is 1. The number of nitrogens with one attached hydrogen (secondary N) is 1. The summed E-state index contributed by atoms with van der Waals surface area (Å²) in [6.45, 7) is 5.92. The topological polar surface area (TPSA) is 78.5 Å². The number of carbonyl (C=O) groups is 2. The van der Waals surface area contributed by atoms with Crippen molar-refractivity contribution in [2.75, 3.05) is 19.6 Å². The van der Waals surface area contributed by atoms with Crippen LogP contribution < -0.4 is 4.74 Å². The highest BCUT2D eigenvalue weighted by molar-refractivity contribution is 5.92. The van der Waals surface area contributed by atoms with Gasteiger partial charge in [0.1, 0.15) is 17.0 Å². The zero-order chi connectivity index (χ0) is 19.0. The van der Waals surface area contributed by atoms with Crippen LogP contribution >= 0.6 is 0 Å². The molecule has 1 saturated heterocycles. The van der Waals surface area contributed by atoms with Gasteiger partial charge in [-0.3, -0.25) is 14.7 Å². The van der Waals surface area contributed by atoms with Gasteiger partial charge < -0.3 is 14.5 Å². The second kappa shape index (κ2) is 6.72. The Labute approximate surface area is 158 Å². The number of benzene rings is 1. The summed E-state index contributed by atoms with van der Waals surface area (Å²) in [5.41, 5.74) is 2.23. The molecule has 0 unspecified atom stereocenters. The number of nitrogens with zero attached hydrogens (tertiary/aromatic N) is 3. The zero-order valence-electron chi connectivity index (χ0n) is 15.7. The smallest absolute Gasteiger partial charge is 0.271 e. The van der Waals surface area contributed by atoms with Crippen molar-refractivity contribution in [3.63, 3.8) is 0 Å². The fourth-order valence-electron chi connectivity index (χ4n) is 3.95. The van der Waals surface area contributed by atoms with Crippen LogP contribution in [-0.2, 0) is 11.3 Å². The van der Waals surface area contributed by atoms with Crippen LogP contribution in [0.5, 0.6) is 5.75 Å². The van der Waals surface area contributed by atoms with Crippen molar-refractivity contribution in [2.24, 2.45) is 0 Å². The Morgan fingerprint density at radius 2 is 1.96 bits per heavy atom. The maximum atomic E-state index is 12.6. The van der Waals surface area contributed by atoms with Crippen molar-refractivity contribution in [2.45, 2.75) is 38.8 Å². The maximum absolute atomic E-state index is 12.6. The van der Waals surface area contributed by atoms with Crippen molar-refractivity contribution >= 4 is 11.8 Å². The number of hydrogen-bond donors (Lipinski definition) is 1. The molecule has 2 aliphatic heterocycles. The van der Waals surface area contributed by atoms with Crippen molar-refractivity contribution in [3.8, 4) is 5.75 Å². The van der Waals surface area contributed by atoms with Gasteiger partial charge in [-0.25, -0.2) is 0 Å². The van der Waals surface area contributed by atoms with Crippen LogP contribution in [-0.4, -0.2) is 57.0 Å². The van der Waals surface area contributed by atoms with Crippen molar-refractivity contribution in [3.05, 3.63) is 47.3 Å². The average Bonchev–Trinajstić information content (AvgIpc) is 3.13. The molecule has 0 aliphatic carbocycles. The number of likely N-dealkylation sites (tertiary alicyclic amines) is 1. The Morgan fingerprint density at radius 1 is 1.19 bits per heavy atom. The molecule has 2 amide bonds. The summed E-state index contributed by atoms with van der Waals surface area (Å²) in [5.74, 6) is 0.844. The van der Waals surface area contributed by atoms with Crippen molar-refractivity contribution < 1.29 is 14.3 Å². The minimum absolute atomic E-state index is 0.0447. The van der Waals surface area contributed by atoms with E-state index in [1.807, 2.05) is 28.9 Å². The molecule has 3 heterocycles. The van der Waals surface area contributed by atoms with E-state index in [0.29, 0.717) is 44.7 Å². The molecule has 0 radical (unpaired) electrons. The van der Waals surface area contributed by atoms with Gasteiger partial charge in [0.25, 0.3) is 5.91 Å². The maximum Gasteiger partial charge on any atom is 0.271 e. The second-order valence-electron chi connectivity index (χ2n) is 7.53. The van der Waals surface area contributed by atoms with Crippen molar-refractivity contribution in [1.82, 2.24) is 20.0 Å². The first kappa shape index (κ1) is 17.6. The summed E-state index contributed by atoms with van der Waals surface area (Å²) in [5, 5.41) is 6.58. The van der Waals surface area contributed by atoms with E-state index in [1.165, 1.54) is 0 Å². The minimum atomic E-state index is -0.461. The van der Waals surface area contributed by atoms with E-state index >= 15 is 0 Å². The molecule has 4 rings (SSSR count).